The first-order chi connectivity index (χ1) is 14.3. The normalized spacial score (nSPS) is 14.9. The van der Waals surface area contributed by atoms with Gasteiger partial charge in [-0.2, -0.15) is 0 Å². The van der Waals surface area contributed by atoms with E-state index in [-0.39, 0.29) is 0 Å². The lowest BCUT2D eigenvalue weighted by Gasteiger charge is -2.39. The van der Waals surface area contributed by atoms with E-state index in [1.165, 1.54) is 89.9 Å². The van der Waals surface area contributed by atoms with Gasteiger partial charge in [0.1, 0.15) is 0 Å². The maximum Gasteiger partial charge on any atom is 0.376 e. The molecule has 0 aromatic heterocycles. The standard InChI is InChI=1S/C26H53NO2P/c1-6-8-9-10-11-12-13-14-15-16-17-18-19-20-21-22-23-24-25-26(7-2,30(28)29)27(3,4)5/h11-12H,6-10,13-25H2,1-5H3/q+1/b12-11-. The Kier molecular flexibility index (Phi) is 18.2. The van der Waals surface area contributed by atoms with Crippen molar-refractivity contribution in [1.82, 2.24) is 0 Å². The average Bonchev–Trinajstić information content (AvgIpc) is 2.68. The molecule has 0 aliphatic carbocycles. The monoisotopic (exact) mass is 442 g/mol. The van der Waals surface area contributed by atoms with Gasteiger partial charge in [-0.3, -0.25) is 4.48 Å². The molecule has 0 fully saturated rings. The highest BCUT2D eigenvalue weighted by Gasteiger charge is 2.52. The first kappa shape index (κ1) is 29.8. The molecule has 0 aromatic rings. The zero-order valence-electron chi connectivity index (χ0n) is 21.1. The van der Waals surface area contributed by atoms with Gasteiger partial charge in [-0.1, -0.05) is 101 Å². The maximum absolute atomic E-state index is 11.9. The summed E-state index contributed by atoms with van der Waals surface area (Å²) in [5, 5.41) is -0.597. The Morgan fingerprint density at radius 3 is 1.47 bits per heavy atom. The molecule has 0 bridgehead atoms. The molecule has 0 aliphatic rings. The number of unbranched alkanes of at least 4 members (excludes halogenated alkanes) is 14. The van der Waals surface area contributed by atoms with Crippen LogP contribution in [0.1, 0.15) is 129 Å². The second kappa shape index (κ2) is 18.3. The number of quaternary nitrogens is 1. The molecule has 0 rings (SSSR count). The van der Waals surface area contributed by atoms with Gasteiger partial charge in [0.25, 0.3) is 5.28 Å². The molecule has 0 aliphatic heterocycles. The Morgan fingerprint density at radius 1 is 0.700 bits per heavy atom. The van der Waals surface area contributed by atoms with Gasteiger partial charge in [0.15, 0.2) is 0 Å². The number of hydrogen-bond donors (Lipinski definition) is 0. The van der Waals surface area contributed by atoms with Gasteiger partial charge in [0.05, 0.1) is 21.1 Å². The SMILES string of the molecule is CCCCC/C=C\CCCCCCCCCCCCCC(CC)([P+](=O)[O-])[N+](C)(C)C. The Balaban J connectivity index is 3.55. The van der Waals surface area contributed by atoms with Crippen molar-refractivity contribution in [2.75, 3.05) is 21.1 Å². The van der Waals surface area contributed by atoms with E-state index in [1.807, 2.05) is 28.1 Å². The van der Waals surface area contributed by atoms with Crippen LogP contribution in [0, 0.1) is 0 Å². The summed E-state index contributed by atoms with van der Waals surface area (Å²) >= 11 is 0. The van der Waals surface area contributed by atoms with Crippen LogP contribution in [0.25, 0.3) is 0 Å². The molecule has 0 saturated heterocycles. The first-order valence-electron chi connectivity index (χ1n) is 12.9. The number of allylic oxidation sites excluding steroid dienone is 2. The third kappa shape index (κ3) is 13.2. The highest BCUT2D eigenvalue weighted by Crippen LogP contribution is 2.44. The molecule has 2 atom stereocenters. The van der Waals surface area contributed by atoms with Crippen molar-refractivity contribution in [2.45, 2.75) is 135 Å². The van der Waals surface area contributed by atoms with E-state index in [9.17, 15) is 9.46 Å². The minimum absolute atomic E-state index is 0.511. The smallest absolute Gasteiger partial charge is 0.376 e. The second-order valence-corrected chi connectivity index (χ2v) is 11.3. The van der Waals surface area contributed by atoms with Crippen molar-refractivity contribution >= 4 is 8.03 Å². The molecule has 0 saturated carbocycles. The molecule has 0 spiro atoms. The highest BCUT2D eigenvalue weighted by molar-refractivity contribution is 7.38. The summed E-state index contributed by atoms with van der Waals surface area (Å²) in [6.45, 7) is 4.27. The molecule has 3 nitrogen and oxygen atoms in total. The molecule has 0 radical (unpaired) electrons. The van der Waals surface area contributed by atoms with Gasteiger partial charge in [0, 0.05) is 12.8 Å². The summed E-state index contributed by atoms with van der Waals surface area (Å²) in [4.78, 5) is 11.9. The number of nitrogens with zero attached hydrogens (tertiary/aromatic N) is 1. The minimum atomic E-state index is -2.41. The van der Waals surface area contributed by atoms with Crippen molar-refractivity contribution in [3.8, 4) is 0 Å². The van der Waals surface area contributed by atoms with Crippen molar-refractivity contribution in [3.63, 3.8) is 0 Å². The molecule has 0 N–H and O–H groups in total. The fourth-order valence-electron chi connectivity index (χ4n) is 4.46. The fraction of sp³-hybridized carbons (Fsp3) is 0.923. The van der Waals surface area contributed by atoms with Crippen LogP contribution >= 0.6 is 8.03 Å². The van der Waals surface area contributed by atoms with Crippen molar-refractivity contribution in [1.29, 1.82) is 0 Å². The second-order valence-electron chi connectivity index (χ2n) is 10.0. The van der Waals surface area contributed by atoms with Crippen molar-refractivity contribution < 1.29 is 13.9 Å². The van der Waals surface area contributed by atoms with E-state index in [1.54, 1.807) is 0 Å². The zero-order valence-corrected chi connectivity index (χ0v) is 22.0. The molecule has 0 heterocycles. The van der Waals surface area contributed by atoms with E-state index in [0.29, 0.717) is 10.9 Å². The summed E-state index contributed by atoms with van der Waals surface area (Å²) in [6.07, 6.45) is 27.1. The van der Waals surface area contributed by atoms with E-state index < -0.39 is 13.3 Å². The lowest BCUT2D eigenvalue weighted by molar-refractivity contribution is -0.910. The highest BCUT2D eigenvalue weighted by atomic mass is 31.1. The first-order valence-corrected chi connectivity index (χ1v) is 14.1. The van der Waals surface area contributed by atoms with Crippen LogP contribution in [0.15, 0.2) is 12.2 Å². The largest absolute Gasteiger partial charge is 0.590 e. The van der Waals surface area contributed by atoms with Crippen LogP contribution < -0.4 is 4.89 Å². The molecule has 178 valence electrons. The van der Waals surface area contributed by atoms with Crippen LogP contribution in [-0.2, 0) is 4.57 Å². The Bertz CT molecular complexity index is 445. The Hall–Kier alpha value is -0.240. The van der Waals surface area contributed by atoms with E-state index >= 15 is 0 Å². The topological polar surface area (TPSA) is 40.1 Å². The molecule has 2 unspecified atom stereocenters. The molecule has 0 aromatic carbocycles. The van der Waals surface area contributed by atoms with Crippen LogP contribution in [0.3, 0.4) is 0 Å². The summed E-state index contributed by atoms with van der Waals surface area (Å²) < 4.78 is 12.4. The Morgan fingerprint density at radius 2 is 1.10 bits per heavy atom. The third-order valence-electron chi connectivity index (χ3n) is 6.74. The summed E-state index contributed by atoms with van der Waals surface area (Å²) in [6, 6.07) is 0. The maximum atomic E-state index is 11.9. The van der Waals surface area contributed by atoms with Crippen LogP contribution in [0.2, 0.25) is 0 Å². The molecule has 4 heteroatoms. The minimum Gasteiger partial charge on any atom is -0.590 e. The van der Waals surface area contributed by atoms with Gasteiger partial charge in [0.2, 0.25) is 0 Å². The van der Waals surface area contributed by atoms with Gasteiger partial charge in [-0.25, -0.2) is 0 Å². The Labute approximate surface area is 190 Å². The average molecular weight is 443 g/mol. The van der Waals surface area contributed by atoms with Crippen LogP contribution in [0.5, 0.6) is 0 Å². The lowest BCUT2D eigenvalue weighted by atomic mass is 10.0. The molecular formula is C26H53NO2P+. The van der Waals surface area contributed by atoms with Crippen LogP contribution in [0.4, 0.5) is 0 Å². The molecule has 30 heavy (non-hydrogen) atoms. The van der Waals surface area contributed by atoms with Crippen LogP contribution in [-0.4, -0.2) is 30.9 Å². The third-order valence-corrected chi connectivity index (χ3v) is 8.56. The van der Waals surface area contributed by atoms with E-state index in [0.717, 1.165) is 19.3 Å². The van der Waals surface area contributed by atoms with Crippen molar-refractivity contribution in [3.05, 3.63) is 12.2 Å². The number of rotatable bonds is 21. The summed E-state index contributed by atoms with van der Waals surface area (Å²) in [5.74, 6) is 0. The lowest BCUT2D eigenvalue weighted by Crippen LogP contribution is -2.55. The predicted molar refractivity (Wildman–Crippen MR) is 132 cm³/mol. The number of hydrogen-bond acceptors (Lipinski definition) is 2. The van der Waals surface area contributed by atoms with Gasteiger partial charge < -0.3 is 4.89 Å². The summed E-state index contributed by atoms with van der Waals surface area (Å²) in [7, 11) is 3.63. The summed E-state index contributed by atoms with van der Waals surface area (Å²) in [5.41, 5.74) is 0. The van der Waals surface area contributed by atoms with E-state index in [4.69, 9.17) is 0 Å². The van der Waals surface area contributed by atoms with Gasteiger partial charge in [-0.15, -0.1) is 0 Å². The van der Waals surface area contributed by atoms with Gasteiger partial charge >= 0.3 is 8.03 Å². The zero-order chi connectivity index (χ0) is 22.7. The van der Waals surface area contributed by atoms with E-state index in [2.05, 4.69) is 19.1 Å². The molecular weight excluding hydrogens is 389 g/mol. The fourth-order valence-corrected chi connectivity index (χ4v) is 5.55. The van der Waals surface area contributed by atoms with Crippen molar-refractivity contribution in [2.24, 2.45) is 0 Å². The molecule has 0 amide bonds. The predicted octanol–water partition coefficient (Wildman–Crippen LogP) is 8.11. The quantitative estimate of drug-likeness (QED) is 0.0779. The van der Waals surface area contributed by atoms with Gasteiger partial charge in [-0.05, 0) is 32.1 Å².